The van der Waals surface area contributed by atoms with E-state index in [2.05, 4.69) is 15.5 Å². The van der Waals surface area contributed by atoms with Gasteiger partial charge in [0.25, 0.3) is 0 Å². The van der Waals surface area contributed by atoms with Crippen molar-refractivity contribution in [2.45, 2.75) is 74.4 Å². The third-order valence-electron chi connectivity index (χ3n) is 8.54. The second kappa shape index (κ2) is 15.4. The molecule has 2 aliphatic heterocycles. The van der Waals surface area contributed by atoms with Gasteiger partial charge >= 0.3 is 12.1 Å². The molecule has 9 nitrogen and oxygen atoms in total. The first-order valence-corrected chi connectivity index (χ1v) is 17.7. The molecule has 258 valence electrons. The number of carbonyl (C=O) groups is 2. The van der Waals surface area contributed by atoms with Crippen LogP contribution in [0, 0.1) is 6.92 Å². The number of hydrogen-bond donors (Lipinski definition) is 2. The van der Waals surface area contributed by atoms with Crippen LogP contribution in [-0.2, 0) is 32.2 Å². The summed E-state index contributed by atoms with van der Waals surface area (Å²) in [5, 5.41) is 21.5. The third kappa shape index (κ3) is 8.50. The van der Waals surface area contributed by atoms with Crippen molar-refractivity contribution in [2.75, 3.05) is 12.3 Å². The molecule has 2 N–H and O–H groups in total. The molecule has 0 radical (unpaired) electrons. The number of nitrogens with one attached hydrogen (secondary N) is 1. The number of carbonyl (C=O) groups excluding carboxylic acids is 2. The molecule has 2 aliphatic rings. The zero-order valence-corrected chi connectivity index (χ0v) is 28.2. The van der Waals surface area contributed by atoms with E-state index >= 15 is 0 Å². The lowest BCUT2D eigenvalue weighted by Crippen LogP contribution is -2.50. The highest BCUT2D eigenvalue weighted by Gasteiger charge is 2.47. The van der Waals surface area contributed by atoms with Gasteiger partial charge < -0.3 is 24.8 Å². The van der Waals surface area contributed by atoms with E-state index in [-0.39, 0.29) is 38.3 Å². The summed E-state index contributed by atoms with van der Waals surface area (Å²) in [6.45, 7) is 1.86. The van der Waals surface area contributed by atoms with Crippen molar-refractivity contribution in [3.05, 3.63) is 100 Å². The van der Waals surface area contributed by atoms with E-state index in [4.69, 9.17) is 9.47 Å². The Hall–Kier alpha value is -3.82. The van der Waals surface area contributed by atoms with Crippen LogP contribution >= 0.6 is 23.1 Å². The Morgan fingerprint density at radius 1 is 1.02 bits per heavy atom. The number of likely N-dealkylation sites (tertiary alicyclic amines) is 1. The number of thioether (sulfide) groups is 1. The molecular formula is C35H35F3N4O5S2. The van der Waals surface area contributed by atoms with Gasteiger partial charge in [0.1, 0.15) is 11.0 Å². The summed E-state index contributed by atoms with van der Waals surface area (Å²) in [5.74, 6) is -1.93. The number of ether oxygens (including phenoxy) is 2. The Morgan fingerprint density at radius 3 is 2.45 bits per heavy atom. The van der Waals surface area contributed by atoms with Crippen LogP contribution in [0.2, 0.25) is 0 Å². The van der Waals surface area contributed by atoms with Crippen LogP contribution in [0.5, 0.6) is 0 Å². The first-order chi connectivity index (χ1) is 23.6. The van der Waals surface area contributed by atoms with Crippen LogP contribution in [0.3, 0.4) is 0 Å². The number of benzene rings is 3. The Labute approximate surface area is 289 Å². The zero-order chi connectivity index (χ0) is 34.5. The average molecular weight is 713 g/mol. The highest BCUT2D eigenvalue weighted by molar-refractivity contribution is 8.01. The number of aliphatic hydroxyl groups excluding tert-OH is 1. The highest BCUT2D eigenvalue weighted by atomic mass is 32.2. The number of amides is 2. The Balaban J connectivity index is 1.15. The van der Waals surface area contributed by atoms with Crippen molar-refractivity contribution in [1.29, 1.82) is 0 Å². The summed E-state index contributed by atoms with van der Waals surface area (Å²) in [7, 11) is 0. The molecule has 2 fully saturated rings. The quantitative estimate of drug-likeness (QED) is 0.179. The first-order valence-electron chi connectivity index (χ1n) is 15.9. The van der Waals surface area contributed by atoms with Crippen molar-refractivity contribution in [3.8, 4) is 11.1 Å². The summed E-state index contributed by atoms with van der Waals surface area (Å²) in [5.41, 5.74) is 5.12. The van der Waals surface area contributed by atoms with E-state index in [1.165, 1.54) is 11.3 Å². The summed E-state index contributed by atoms with van der Waals surface area (Å²) in [6.07, 6.45) is -4.90. The minimum absolute atomic E-state index is 0.0397. The van der Waals surface area contributed by atoms with Gasteiger partial charge in [-0.1, -0.05) is 95.9 Å². The Morgan fingerprint density at radius 2 is 1.76 bits per heavy atom. The van der Waals surface area contributed by atoms with E-state index in [9.17, 15) is 27.9 Å². The van der Waals surface area contributed by atoms with Gasteiger partial charge in [0, 0.05) is 30.8 Å². The first kappa shape index (κ1) is 35.0. The van der Waals surface area contributed by atoms with Crippen LogP contribution in [0.25, 0.3) is 11.1 Å². The van der Waals surface area contributed by atoms with E-state index in [1.807, 2.05) is 79.7 Å². The summed E-state index contributed by atoms with van der Waals surface area (Å²) < 4.78 is 53.0. The smallest absolute Gasteiger partial charge is 0.392 e. The van der Waals surface area contributed by atoms with Crippen LogP contribution in [0.4, 0.5) is 13.2 Å². The van der Waals surface area contributed by atoms with Crippen molar-refractivity contribution in [2.24, 2.45) is 0 Å². The fourth-order valence-corrected chi connectivity index (χ4v) is 7.90. The second-order valence-corrected chi connectivity index (χ2v) is 14.3. The van der Waals surface area contributed by atoms with Gasteiger partial charge in [-0.15, -0.1) is 10.2 Å². The van der Waals surface area contributed by atoms with Gasteiger partial charge in [0.2, 0.25) is 5.91 Å². The second-order valence-electron chi connectivity index (χ2n) is 11.9. The summed E-state index contributed by atoms with van der Waals surface area (Å²) in [6, 6.07) is 21.8. The monoisotopic (exact) mass is 712 g/mol. The van der Waals surface area contributed by atoms with E-state index < -0.39 is 30.3 Å². The van der Waals surface area contributed by atoms with E-state index in [0.717, 1.165) is 42.7 Å². The predicted molar refractivity (Wildman–Crippen MR) is 178 cm³/mol. The third-order valence-corrected chi connectivity index (χ3v) is 10.6. The standard InChI is InChI=1S/C35H35F3N4O5S2/c1-21-40-41-34(49-21)48-20-27-17-30(24-10-8-22(19-43)9-11-24)47-32(46-27)25-14-12-23(13-15-25)28-6-3-2-5-26(28)18-39-31(44)29-7-4-16-42(29)33(45)35(36,37)38/h2-3,5-6,8-15,27,29-30,32,43H,4,7,16-20H2,1H3,(H,39,44)/t27-,29+,30+,32+/m1/s1. The maximum absolute atomic E-state index is 13.1. The molecule has 14 heteroatoms. The normalized spacial score (nSPS) is 21.1. The average Bonchev–Trinajstić information content (AvgIpc) is 3.78. The number of rotatable bonds is 10. The van der Waals surface area contributed by atoms with Crippen LogP contribution in [0.1, 0.15) is 58.9 Å². The van der Waals surface area contributed by atoms with Crippen molar-refractivity contribution < 1.29 is 37.3 Å². The lowest BCUT2D eigenvalue weighted by atomic mass is 9.97. The topological polar surface area (TPSA) is 114 Å². The number of aliphatic hydroxyl groups is 1. The minimum atomic E-state index is -5.03. The number of aryl methyl sites for hydroxylation is 1. The number of aromatic nitrogens is 2. The molecule has 0 unspecified atom stereocenters. The largest absolute Gasteiger partial charge is 0.471 e. The zero-order valence-electron chi connectivity index (χ0n) is 26.6. The number of alkyl halides is 3. The fraction of sp³-hybridized carbons (Fsp3) is 0.371. The molecule has 0 bridgehead atoms. The molecular weight excluding hydrogens is 678 g/mol. The lowest BCUT2D eigenvalue weighted by molar-refractivity contribution is -0.245. The van der Waals surface area contributed by atoms with E-state index in [1.54, 1.807) is 11.8 Å². The SMILES string of the molecule is Cc1nnc(SC[C@H]2C[C@@H](c3ccc(CO)cc3)O[C@@H](c3ccc(-c4ccccc4CNC(=O)[C@@H]4CCCN4C(=O)C(F)(F)F)cc3)O2)s1. The molecule has 6 rings (SSSR count). The van der Waals surface area contributed by atoms with Gasteiger partial charge in [0.15, 0.2) is 10.6 Å². The molecule has 0 saturated carbocycles. The van der Waals surface area contributed by atoms with Crippen molar-refractivity contribution in [1.82, 2.24) is 20.4 Å². The number of nitrogens with zero attached hydrogens (tertiary/aromatic N) is 3. The Kier molecular flexibility index (Phi) is 11.0. The van der Waals surface area contributed by atoms with Gasteiger partial charge in [-0.25, -0.2) is 0 Å². The van der Waals surface area contributed by atoms with Gasteiger partial charge in [0.05, 0.1) is 18.8 Å². The van der Waals surface area contributed by atoms with Crippen molar-refractivity contribution in [3.63, 3.8) is 0 Å². The van der Waals surface area contributed by atoms with Gasteiger partial charge in [-0.05, 0) is 47.6 Å². The van der Waals surface area contributed by atoms with Gasteiger partial charge in [-0.3, -0.25) is 9.59 Å². The molecule has 4 atom stereocenters. The molecule has 3 aromatic carbocycles. The predicted octanol–water partition coefficient (Wildman–Crippen LogP) is 6.51. The molecule has 0 aliphatic carbocycles. The maximum atomic E-state index is 13.1. The highest BCUT2D eigenvalue weighted by Crippen LogP contribution is 2.40. The molecule has 3 heterocycles. The Bertz CT molecular complexity index is 1750. The summed E-state index contributed by atoms with van der Waals surface area (Å²) >= 11 is 3.14. The van der Waals surface area contributed by atoms with Crippen LogP contribution < -0.4 is 5.32 Å². The molecule has 4 aromatic rings. The fourth-order valence-electron chi connectivity index (χ4n) is 6.04. The minimum Gasteiger partial charge on any atom is -0.392 e. The van der Waals surface area contributed by atoms with Gasteiger partial charge in [-0.2, -0.15) is 13.2 Å². The lowest BCUT2D eigenvalue weighted by Gasteiger charge is -2.36. The maximum Gasteiger partial charge on any atom is 0.471 e. The molecule has 49 heavy (non-hydrogen) atoms. The molecule has 1 aromatic heterocycles. The van der Waals surface area contributed by atoms with E-state index in [0.29, 0.717) is 23.5 Å². The molecule has 0 spiro atoms. The van der Waals surface area contributed by atoms with Crippen LogP contribution in [0.15, 0.2) is 77.1 Å². The van der Waals surface area contributed by atoms with Crippen molar-refractivity contribution >= 4 is 34.9 Å². The molecule has 2 saturated heterocycles. The summed E-state index contributed by atoms with van der Waals surface area (Å²) in [4.78, 5) is 25.4. The molecule has 2 amide bonds. The van der Waals surface area contributed by atoms with Crippen LogP contribution in [-0.4, -0.2) is 62.6 Å². The number of hydrogen-bond acceptors (Lipinski definition) is 9. The number of halogens is 3.